The molecule has 1 N–H and O–H groups in total. The third-order valence-corrected chi connectivity index (χ3v) is 6.17. The largest absolute Gasteiger partial charge is 0.454 e. The monoisotopic (exact) mass is 439 g/mol. The molecule has 8 heteroatoms. The number of carbonyl (C=O) groups is 2. The van der Waals surface area contributed by atoms with Crippen LogP contribution in [0, 0.1) is 0 Å². The number of para-hydroxylation sites is 1. The van der Waals surface area contributed by atoms with Crippen LogP contribution in [0.1, 0.15) is 22.9 Å². The number of carbonyl (C=O) groups excluding carboxylic acids is 2. The van der Waals surface area contributed by atoms with Gasteiger partial charge < -0.3 is 24.3 Å². The number of aromatic nitrogens is 1. The van der Waals surface area contributed by atoms with Gasteiger partial charge in [0, 0.05) is 36.4 Å². The molecule has 2 atom stereocenters. The maximum Gasteiger partial charge on any atom is 0.245 e. The lowest BCUT2D eigenvalue weighted by Gasteiger charge is -2.46. The second-order valence-electron chi connectivity index (χ2n) is 7.79. The Morgan fingerprint density at radius 3 is 2.68 bits per heavy atom. The predicted octanol–water partition coefficient (Wildman–Crippen LogP) is 3.07. The molecule has 0 unspecified atom stereocenters. The van der Waals surface area contributed by atoms with Crippen molar-refractivity contribution in [3.8, 4) is 11.5 Å². The van der Waals surface area contributed by atoms with E-state index in [0.717, 1.165) is 27.7 Å². The van der Waals surface area contributed by atoms with Crippen molar-refractivity contribution in [3.05, 3.63) is 59.3 Å². The number of H-pyrrole nitrogens is 1. The normalized spacial score (nSPS) is 21.5. The van der Waals surface area contributed by atoms with Gasteiger partial charge in [0.2, 0.25) is 18.6 Å². The molecule has 31 heavy (non-hydrogen) atoms. The Labute approximate surface area is 184 Å². The first kappa shape index (κ1) is 19.8. The molecular weight excluding hydrogens is 418 g/mol. The number of hydrogen-bond acceptors (Lipinski definition) is 4. The van der Waals surface area contributed by atoms with Crippen molar-refractivity contribution in [2.24, 2.45) is 0 Å². The number of nitrogens with zero attached hydrogens (tertiary/aromatic N) is 2. The van der Waals surface area contributed by atoms with Crippen LogP contribution in [0.5, 0.6) is 11.5 Å². The van der Waals surface area contributed by atoms with Crippen molar-refractivity contribution in [1.29, 1.82) is 0 Å². The fourth-order valence-electron chi connectivity index (χ4n) is 4.84. The molecule has 6 rings (SSSR count). The second-order valence-corrected chi connectivity index (χ2v) is 7.79. The number of halogens is 1. The summed E-state index contributed by atoms with van der Waals surface area (Å²) in [6.07, 6.45) is 1.98. The number of hydrogen-bond donors (Lipinski definition) is 1. The highest BCUT2D eigenvalue weighted by Crippen LogP contribution is 2.44. The topological polar surface area (TPSA) is 74.9 Å². The first-order chi connectivity index (χ1) is 15.1. The van der Waals surface area contributed by atoms with E-state index in [1.807, 2.05) is 36.4 Å². The van der Waals surface area contributed by atoms with E-state index in [9.17, 15) is 9.59 Å². The van der Waals surface area contributed by atoms with Crippen molar-refractivity contribution < 1.29 is 19.1 Å². The van der Waals surface area contributed by atoms with Gasteiger partial charge in [-0.3, -0.25) is 9.59 Å². The lowest BCUT2D eigenvalue weighted by Crippen LogP contribution is -2.62. The van der Waals surface area contributed by atoms with Crippen molar-refractivity contribution in [1.82, 2.24) is 14.8 Å². The molecule has 3 aromatic rings. The summed E-state index contributed by atoms with van der Waals surface area (Å²) in [4.78, 5) is 32.9. The zero-order valence-electron chi connectivity index (χ0n) is 17.2. The van der Waals surface area contributed by atoms with Gasteiger partial charge in [0.25, 0.3) is 0 Å². The number of ether oxygens (including phenoxy) is 2. The number of fused-ring (bicyclic) bond motifs is 5. The molecule has 0 saturated carbocycles. The van der Waals surface area contributed by atoms with Crippen LogP contribution in [0.15, 0.2) is 42.5 Å². The number of nitrogens with one attached hydrogen (secondary N) is 1. The summed E-state index contributed by atoms with van der Waals surface area (Å²) in [7, 11) is 1.69. The molecule has 0 aliphatic carbocycles. The van der Waals surface area contributed by atoms with Crippen molar-refractivity contribution in [3.63, 3.8) is 0 Å². The zero-order chi connectivity index (χ0) is 21.7. The van der Waals surface area contributed by atoms with Gasteiger partial charge in [-0.1, -0.05) is 24.3 Å². The molecule has 0 bridgehead atoms. The average Bonchev–Trinajstić information content (AvgIpc) is 3.41. The van der Waals surface area contributed by atoms with Crippen molar-refractivity contribution >= 4 is 34.3 Å². The third kappa shape index (κ3) is 2.95. The molecule has 1 fully saturated rings. The Morgan fingerprint density at radius 2 is 1.84 bits per heavy atom. The molecule has 0 spiro atoms. The van der Waals surface area contributed by atoms with Gasteiger partial charge in [-0.05, 0) is 29.3 Å². The molecule has 7 nitrogen and oxygen atoms in total. The summed E-state index contributed by atoms with van der Waals surface area (Å²) >= 11 is 4.64. The lowest BCUT2D eigenvalue weighted by atomic mass is 9.86. The summed E-state index contributed by atoms with van der Waals surface area (Å²) in [5.74, 6) is 1.28. The fourth-order valence-corrected chi connectivity index (χ4v) is 4.84. The molecule has 3 aliphatic heterocycles. The van der Waals surface area contributed by atoms with Gasteiger partial charge >= 0.3 is 0 Å². The SMILES string of the molecule is CCl.CN1CC(=O)N2[C@H](c3ccc4c(c3)OCO4)c3[nH]c4ccccc4c3C[C@@H]2C1=O. The molecule has 4 heterocycles. The fraction of sp³-hybridized carbons (Fsp3) is 0.304. The van der Waals surface area contributed by atoms with E-state index >= 15 is 0 Å². The number of alkyl halides is 1. The summed E-state index contributed by atoms with van der Waals surface area (Å²) in [6.45, 7) is 0.279. The van der Waals surface area contributed by atoms with E-state index in [-0.39, 0.29) is 31.2 Å². The predicted molar refractivity (Wildman–Crippen MR) is 116 cm³/mol. The molecule has 160 valence electrons. The van der Waals surface area contributed by atoms with E-state index in [1.54, 1.807) is 11.9 Å². The maximum atomic E-state index is 13.1. The number of rotatable bonds is 1. The minimum Gasteiger partial charge on any atom is -0.454 e. The number of likely N-dealkylation sites (N-methyl/N-ethyl adjacent to an activating group) is 1. The molecule has 0 radical (unpaired) electrons. The first-order valence-electron chi connectivity index (χ1n) is 10.0. The molecule has 1 saturated heterocycles. The Morgan fingerprint density at radius 1 is 1.06 bits per heavy atom. The van der Waals surface area contributed by atoms with E-state index < -0.39 is 6.04 Å². The minimum atomic E-state index is -0.511. The molecule has 2 aromatic carbocycles. The summed E-state index contributed by atoms with van der Waals surface area (Å²) < 4.78 is 11.0. The molecule has 1 aromatic heterocycles. The third-order valence-electron chi connectivity index (χ3n) is 6.17. The van der Waals surface area contributed by atoms with E-state index in [2.05, 4.69) is 22.7 Å². The summed E-state index contributed by atoms with van der Waals surface area (Å²) in [6, 6.07) is 12.9. The van der Waals surface area contributed by atoms with Crippen LogP contribution in [-0.4, -0.2) is 59.4 Å². The van der Waals surface area contributed by atoms with E-state index in [1.165, 1.54) is 11.3 Å². The summed E-state index contributed by atoms with van der Waals surface area (Å²) in [5, 5.41) is 1.10. The van der Waals surface area contributed by atoms with Crippen LogP contribution in [-0.2, 0) is 16.0 Å². The van der Waals surface area contributed by atoms with Crippen LogP contribution in [0.3, 0.4) is 0 Å². The Kier molecular flexibility index (Phi) is 4.78. The Bertz CT molecular complexity index is 1190. The molecular formula is C23H22ClN3O4. The van der Waals surface area contributed by atoms with Crippen LogP contribution >= 0.6 is 11.6 Å². The number of benzene rings is 2. The van der Waals surface area contributed by atoms with E-state index in [4.69, 9.17) is 9.47 Å². The zero-order valence-corrected chi connectivity index (χ0v) is 18.0. The number of amides is 2. The van der Waals surface area contributed by atoms with Gasteiger partial charge in [-0.2, -0.15) is 0 Å². The van der Waals surface area contributed by atoms with Gasteiger partial charge in [0.05, 0.1) is 12.6 Å². The van der Waals surface area contributed by atoms with Gasteiger partial charge in [0.1, 0.15) is 6.04 Å². The van der Waals surface area contributed by atoms with Gasteiger partial charge in [0.15, 0.2) is 11.5 Å². The van der Waals surface area contributed by atoms with Crippen molar-refractivity contribution in [2.45, 2.75) is 18.5 Å². The standard InChI is InChI=1S/C22H19N3O4.CH3Cl/c1-24-10-19(26)25-16(22(24)27)9-14-13-4-2-3-5-15(13)23-20(14)21(25)12-6-7-17-18(8-12)29-11-28-17;1-2/h2-8,16,21,23H,9-11H2,1H3;1H3/t16-,21-;/m1./s1. The van der Waals surface area contributed by atoms with Crippen LogP contribution < -0.4 is 9.47 Å². The Hall–Kier alpha value is -3.19. The quantitative estimate of drug-likeness (QED) is 0.591. The second kappa shape index (κ2) is 7.50. The van der Waals surface area contributed by atoms with Crippen LogP contribution in [0.2, 0.25) is 0 Å². The number of piperazine rings is 1. The Balaban J connectivity index is 0.000000994. The van der Waals surface area contributed by atoms with E-state index in [0.29, 0.717) is 17.9 Å². The first-order valence-corrected chi connectivity index (χ1v) is 10.8. The van der Waals surface area contributed by atoms with Gasteiger partial charge in [-0.25, -0.2) is 0 Å². The highest BCUT2D eigenvalue weighted by molar-refractivity contribution is 6.15. The van der Waals surface area contributed by atoms with Crippen LogP contribution in [0.25, 0.3) is 10.9 Å². The molecule has 2 amide bonds. The average molecular weight is 440 g/mol. The molecule has 3 aliphatic rings. The number of aromatic amines is 1. The maximum absolute atomic E-state index is 13.1. The van der Waals surface area contributed by atoms with Gasteiger partial charge in [-0.15, -0.1) is 11.6 Å². The highest BCUT2D eigenvalue weighted by atomic mass is 35.5. The van der Waals surface area contributed by atoms with Crippen LogP contribution in [0.4, 0.5) is 0 Å². The summed E-state index contributed by atoms with van der Waals surface area (Å²) in [5.41, 5.74) is 3.97. The minimum absolute atomic E-state index is 0.0220. The smallest absolute Gasteiger partial charge is 0.245 e. The van der Waals surface area contributed by atoms with Crippen molar-refractivity contribution in [2.75, 3.05) is 26.8 Å². The lowest BCUT2D eigenvalue weighted by molar-refractivity contribution is -0.157. The highest BCUT2D eigenvalue weighted by Gasteiger charge is 2.47.